The lowest BCUT2D eigenvalue weighted by atomic mass is 10.1. The molecule has 0 aliphatic carbocycles. The Kier molecular flexibility index (Phi) is 10.3. The van der Waals surface area contributed by atoms with Gasteiger partial charge in [-0.25, -0.2) is 4.79 Å². The van der Waals surface area contributed by atoms with Crippen molar-refractivity contribution < 1.29 is 28.6 Å². The summed E-state index contributed by atoms with van der Waals surface area (Å²) in [6.07, 6.45) is 2.67. The van der Waals surface area contributed by atoms with Gasteiger partial charge in [-0.05, 0) is 63.2 Å². The molecule has 0 radical (unpaired) electrons. The summed E-state index contributed by atoms with van der Waals surface area (Å²) in [6.45, 7) is 5.76. The van der Waals surface area contributed by atoms with Crippen molar-refractivity contribution in [2.75, 3.05) is 36.6 Å². The first kappa shape index (κ1) is 29.4. The number of carbonyl (C=O) groups is 3. The van der Waals surface area contributed by atoms with Crippen LogP contribution in [-0.2, 0) is 14.3 Å². The zero-order chi connectivity index (χ0) is 28.4. The number of amides is 2. The predicted octanol–water partition coefficient (Wildman–Crippen LogP) is 5.77. The van der Waals surface area contributed by atoms with E-state index in [1.54, 1.807) is 81.7 Å². The maximum Gasteiger partial charge on any atom is 0.414 e. The van der Waals surface area contributed by atoms with E-state index in [1.165, 1.54) is 23.0 Å². The van der Waals surface area contributed by atoms with Crippen LogP contribution in [0.5, 0.6) is 5.75 Å². The number of aromatic nitrogens is 1. The van der Waals surface area contributed by atoms with Crippen LogP contribution < -0.4 is 14.5 Å². The molecule has 1 heterocycles. The van der Waals surface area contributed by atoms with E-state index in [-0.39, 0.29) is 37.6 Å². The molecule has 9 nitrogen and oxygen atoms in total. The van der Waals surface area contributed by atoms with Gasteiger partial charge in [-0.1, -0.05) is 29.8 Å². The Morgan fingerprint density at radius 2 is 1.56 bits per heavy atom. The van der Waals surface area contributed by atoms with Crippen LogP contribution in [0.3, 0.4) is 0 Å². The molecule has 0 bridgehead atoms. The third kappa shape index (κ3) is 9.00. The molecule has 39 heavy (non-hydrogen) atoms. The number of benzene rings is 2. The Morgan fingerprint density at radius 3 is 2.21 bits per heavy atom. The van der Waals surface area contributed by atoms with Crippen LogP contribution in [0.4, 0.5) is 16.2 Å². The van der Waals surface area contributed by atoms with Crippen molar-refractivity contribution >= 4 is 40.9 Å². The number of anilines is 2. The molecule has 3 aromatic rings. The standard InChI is InChI=1S/C29H32ClN3O6/c1-29(2,3)39-28(36)33(24-10-13-31-14-11-24)16-17-38-25-19-21(18-22(30)20-25)27(35)32(15-12-26(34)37-4)23-8-6-5-7-9-23/h5-11,13-14,18-20H,12,15-17H2,1-4H3. The van der Waals surface area contributed by atoms with Gasteiger partial charge in [-0.2, -0.15) is 0 Å². The van der Waals surface area contributed by atoms with Crippen LogP contribution in [0.1, 0.15) is 37.6 Å². The second kappa shape index (κ2) is 13.6. The van der Waals surface area contributed by atoms with Gasteiger partial charge in [0.2, 0.25) is 0 Å². The summed E-state index contributed by atoms with van der Waals surface area (Å²) in [5, 5.41) is 0.301. The number of methoxy groups -OCH3 is 1. The molecule has 2 aromatic carbocycles. The van der Waals surface area contributed by atoms with Crippen LogP contribution in [0, 0.1) is 0 Å². The summed E-state index contributed by atoms with van der Waals surface area (Å²) >= 11 is 6.34. The van der Waals surface area contributed by atoms with Crippen LogP contribution in [0.25, 0.3) is 0 Å². The van der Waals surface area contributed by atoms with E-state index in [4.69, 9.17) is 25.8 Å². The molecule has 10 heteroatoms. The van der Waals surface area contributed by atoms with Crippen molar-refractivity contribution in [3.05, 3.63) is 83.6 Å². The molecule has 0 saturated carbocycles. The lowest BCUT2D eigenvalue weighted by molar-refractivity contribution is -0.140. The van der Waals surface area contributed by atoms with Crippen molar-refractivity contribution in [3.8, 4) is 5.75 Å². The lowest BCUT2D eigenvalue weighted by Gasteiger charge is -2.27. The van der Waals surface area contributed by atoms with Gasteiger partial charge in [0.1, 0.15) is 18.0 Å². The second-order valence-electron chi connectivity index (χ2n) is 9.48. The minimum atomic E-state index is -0.677. The van der Waals surface area contributed by atoms with E-state index in [0.29, 0.717) is 22.1 Å². The number of esters is 1. The maximum atomic E-state index is 13.5. The van der Waals surface area contributed by atoms with Crippen molar-refractivity contribution in [3.63, 3.8) is 0 Å². The third-order valence-corrected chi connectivity index (χ3v) is 5.59. The predicted molar refractivity (Wildman–Crippen MR) is 150 cm³/mol. The number of carbonyl (C=O) groups excluding carboxylic acids is 3. The summed E-state index contributed by atoms with van der Waals surface area (Å²) in [7, 11) is 1.30. The number of nitrogens with zero attached hydrogens (tertiary/aromatic N) is 3. The Hall–Kier alpha value is -4.11. The summed E-state index contributed by atoms with van der Waals surface area (Å²) < 4.78 is 16.2. The zero-order valence-corrected chi connectivity index (χ0v) is 23.2. The molecule has 0 fully saturated rings. The number of ether oxygens (including phenoxy) is 3. The fraction of sp³-hybridized carbons (Fsp3) is 0.310. The molecule has 3 rings (SSSR count). The Labute approximate surface area is 233 Å². The Bertz CT molecular complexity index is 1270. The largest absolute Gasteiger partial charge is 0.492 e. The molecule has 0 spiro atoms. The first-order chi connectivity index (χ1) is 18.6. The zero-order valence-electron chi connectivity index (χ0n) is 22.4. The molecular formula is C29H32ClN3O6. The maximum absolute atomic E-state index is 13.5. The van der Waals surface area contributed by atoms with Gasteiger partial charge in [-0.15, -0.1) is 0 Å². The molecule has 0 unspecified atom stereocenters. The average Bonchev–Trinajstić information content (AvgIpc) is 2.90. The highest BCUT2D eigenvalue weighted by molar-refractivity contribution is 6.31. The van der Waals surface area contributed by atoms with Crippen LogP contribution in [0.15, 0.2) is 73.1 Å². The summed E-state index contributed by atoms with van der Waals surface area (Å²) in [4.78, 5) is 45.1. The molecular weight excluding hydrogens is 522 g/mol. The van der Waals surface area contributed by atoms with Gasteiger partial charge < -0.3 is 19.1 Å². The van der Waals surface area contributed by atoms with Crippen molar-refractivity contribution in [1.29, 1.82) is 0 Å². The quantitative estimate of drug-likeness (QED) is 0.294. The normalized spacial score (nSPS) is 10.9. The third-order valence-electron chi connectivity index (χ3n) is 5.37. The van der Waals surface area contributed by atoms with E-state index >= 15 is 0 Å². The lowest BCUT2D eigenvalue weighted by Crippen LogP contribution is -2.39. The van der Waals surface area contributed by atoms with Gasteiger partial charge in [0.15, 0.2) is 0 Å². The highest BCUT2D eigenvalue weighted by Crippen LogP contribution is 2.25. The van der Waals surface area contributed by atoms with E-state index in [2.05, 4.69) is 4.98 Å². The highest BCUT2D eigenvalue weighted by Gasteiger charge is 2.24. The number of hydrogen-bond donors (Lipinski definition) is 0. The number of rotatable bonds is 10. The van der Waals surface area contributed by atoms with Crippen LogP contribution in [0.2, 0.25) is 5.02 Å². The first-order valence-electron chi connectivity index (χ1n) is 12.3. The second-order valence-corrected chi connectivity index (χ2v) is 9.92. The Balaban J connectivity index is 1.77. The summed E-state index contributed by atoms with van der Waals surface area (Å²) in [5.41, 5.74) is 0.835. The van der Waals surface area contributed by atoms with E-state index in [1.807, 2.05) is 6.07 Å². The monoisotopic (exact) mass is 553 g/mol. The molecule has 0 N–H and O–H groups in total. The SMILES string of the molecule is COC(=O)CCN(C(=O)c1cc(Cl)cc(OCCN(C(=O)OC(C)(C)C)c2ccncc2)c1)c1ccccc1. The van der Waals surface area contributed by atoms with Gasteiger partial charge in [0, 0.05) is 35.2 Å². The summed E-state index contributed by atoms with van der Waals surface area (Å²) in [6, 6.07) is 17.1. The number of pyridine rings is 1. The fourth-order valence-electron chi connectivity index (χ4n) is 3.61. The molecule has 0 aliphatic rings. The summed E-state index contributed by atoms with van der Waals surface area (Å²) in [5.74, 6) is -0.432. The molecule has 0 aliphatic heterocycles. The smallest absolute Gasteiger partial charge is 0.414 e. The van der Waals surface area contributed by atoms with Gasteiger partial charge >= 0.3 is 12.1 Å². The highest BCUT2D eigenvalue weighted by atomic mass is 35.5. The van der Waals surface area contributed by atoms with Crippen molar-refractivity contribution in [1.82, 2.24) is 4.98 Å². The molecule has 206 valence electrons. The van der Waals surface area contributed by atoms with Crippen molar-refractivity contribution in [2.24, 2.45) is 0 Å². The average molecular weight is 554 g/mol. The molecule has 1 aromatic heterocycles. The van der Waals surface area contributed by atoms with Gasteiger partial charge in [0.25, 0.3) is 5.91 Å². The molecule has 2 amide bonds. The first-order valence-corrected chi connectivity index (χ1v) is 12.7. The minimum absolute atomic E-state index is 0.0244. The topological polar surface area (TPSA) is 98.3 Å². The molecule has 0 saturated heterocycles. The van der Waals surface area contributed by atoms with Gasteiger partial charge in [0.05, 0.1) is 25.8 Å². The van der Waals surface area contributed by atoms with E-state index < -0.39 is 17.7 Å². The van der Waals surface area contributed by atoms with Crippen LogP contribution in [-0.4, -0.2) is 55.4 Å². The van der Waals surface area contributed by atoms with Crippen LogP contribution >= 0.6 is 11.6 Å². The Morgan fingerprint density at radius 1 is 0.897 bits per heavy atom. The molecule has 0 atom stereocenters. The number of halogens is 1. The number of hydrogen-bond acceptors (Lipinski definition) is 7. The van der Waals surface area contributed by atoms with E-state index in [0.717, 1.165) is 0 Å². The number of para-hydroxylation sites is 1. The fourth-order valence-corrected chi connectivity index (χ4v) is 3.83. The van der Waals surface area contributed by atoms with Crippen molar-refractivity contribution in [2.45, 2.75) is 32.8 Å². The van der Waals surface area contributed by atoms with E-state index in [9.17, 15) is 14.4 Å². The minimum Gasteiger partial charge on any atom is -0.492 e. The van der Waals surface area contributed by atoms with Gasteiger partial charge in [-0.3, -0.25) is 19.5 Å².